The zero-order valence-electron chi connectivity index (χ0n) is 55.3. The van der Waals surface area contributed by atoms with Gasteiger partial charge in [0.05, 0.1) is 0 Å². The molecule has 480 valence electrons. The summed E-state index contributed by atoms with van der Waals surface area (Å²) in [4.78, 5) is 0. The molecule has 0 aliphatic carbocycles. The van der Waals surface area contributed by atoms with E-state index in [1.54, 1.807) is 0 Å². The lowest BCUT2D eigenvalue weighted by Gasteiger charge is -2.18. The average molecular weight is 1400 g/mol. The van der Waals surface area contributed by atoms with Gasteiger partial charge in [0, 0.05) is 44.8 Å². The van der Waals surface area contributed by atoms with Gasteiger partial charge in [-0.3, -0.25) is 0 Å². The summed E-state index contributed by atoms with van der Waals surface area (Å²) in [5.74, 6) is 0. The number of benzene rings is 18. The molecule has 0 bridgehead atoms. The SMILES string of the molecule is Brc1ccc(-c2cccc3c2sc2ccccc23)cc1.OB(O)c1c2ccccc2c(-c2cccc(-c3cccc4ccccc34)c2)c2ccccc12.c1cc(-c2cccc3ccccc23)cc(-c2c3ccccc3c(-c3ccc(-c4cccc5c4sc4ccccc45)cc3)c3ccccc23)c1. The van der Waals surface area contributed by atoms with Crippen LogP contribution in [0, 0.1) is 0 Å². The summed E-state index contributed by atoms with van der Waals surface area (Å²) >= 11 is 7.26. The fraction of sp³-hybridized carbons (Fsp3) is 0. The maximum atomic E-state index is 10.2. The molecule has 0 radical (unpaired) electrons. The van der Waals surface area contributed by atoms with Crippen molar-refractivity contribution in [2.75, 3.05) is 0 Å². The summed E-state index contributed by atoms with van der Waals surface area (Å²) in [6, 6.07) is 130. The Morgan fingerprint density at radius 3 is 0.922 bits per heavy atom. The first kappa shape index (κ1) is 62.7. The summed E-state index contributed by atoms with van der Waals surface area (Å²) in [5, 5.41) is 39.6. The van der Waals surface area contributed by atoms with E-state index in [1.807, 2.05) is 59.1 Å². The highest BCUT2D eigenvalue weighted by Crippen LogP contribution is 2.47. The lowest BCUT2D eigenvalue weighted by atomic mass is 9.72. The van der Waals surface area contributed by atoms with Gasteiger partial charge >= 0.3 is 7.12 Å². The molecule has 0 saturated carbocycles. The first-order valence-corrected chi connectivity index (χ1v) is 36.9. The zero-order valence-corrected chi connectivity index (χ0v) is 58.5. The van der Waals surface area contributed by atoms with E-state index in [9.17, 15) is 10.0 Å². The van der Waals surface area contributed by atoms with Crippen LogP contribution in [-0.2, 0) is 0 Å². The molecule has 0 amide bonds. The summed E-state index contributed by atoms with van der Waals surface area (Å²) in [6.07, 6.45) is 0. The first-order valence-electron chi connectivity index (χ1n) is 34.4. The second kappa shape index (κ2) is 26.8. The Hall–Kier alpha value is -11.6. The number of thiophene rings is 2. The highest BCUT2D eigenvalue weighted by atomic mass is 79.9. The van der Waals surface area contributed by atoms with Crippen LogP contribution in [0.4, 0.5) is 0 Å². The van der Waals surface area contributed by atoms with Gasteiger partial charge in [-0.2, -0.15) is 0 Å². The molecule has 2 aromatic heterocycles. The molecule has 2 N–H and O–H groups in total. The fourth-order valence-corrected chi connectivity index (χ4v) is 18.3. The van der Waals surface area contributed by atoms with Gasteiger partial charge < -0.3 is 10.0 Å². The Labute approximate surface area is 607 Å². The third kappa shape index (κ3) is 11.3. The van der Waals surface area contributed by atoms with Crippen molar-refractivity contribution < 1.29 is 10.0 Å². The van der Waals surface area contributed by atoms with Gasteiger partial charge in [0.2, 0.25) is 0 Å². The Kier molecular flexibility index (Phi) is 16.5. The molecular weight excluding hydrogens is 1340 g/mol. The largest absolute Gasteiger partial charge is 0.489 e. The molecule has 20 rings (SSSR count). The lowest BCUT2D eigenvalue weighted by Crippen LogP contribution is -2.31. The molecule has 0 atom stereocenters. The highest BCUT2D eigenvalue weighted by Gasteiger charge is 2.24. The van der Waals surface area contributed by atoms with Crippen molar-refractivity contribution in [3.63, 3.8) is 0 Å². The van der Waals surface area contributed by atoms with Crippen molar-refractivity contribution in [1.29, 1.82) is 0 Å². The number of fused-ring (bicyclic) bond motifs is 12. The lowest BCUT2D eigenvalue weighted by molar-refractivity contribution is 0.426. The fourth-order valence-electron chi connectivity index (χ4n) is 15.5. The van der Waals surface area contributed by atoms with Gasteiger partial charge in [0.1, 0.15) is 0 Å². The van der Waals surface area contributed by atoms with Crippen molar-refractivity contribution in [2.24, 2.45) is 0 Å². The van der Waals surface area contributed by atoms with Crippen molar-refractivity contribution in [1.82, 2.24) is 0 Å². The van der Waals surface area contributed by atoms with Gasteiger partial charge in [0.15, 0.2) is 0 Å². The normalized spacial score (nSPS) is 11.5. The summed E-state index contributed by atoms with van der Waals surface area (Å²) in [5.41, 5.74) is 17.8. The number of rotatable bonds is 8. The second-order valence-electron chi connectivity index (χ2n) is 26.0. The Morgan fingerprint density at radius 1 is 0.216 bits per heavy atom. The third-order valence-corrected chi connectivity index (χ3v) is 23.1. The molecule has 0 unspecified atom stereocenters. The van der Waals surface area contributed by atoms with Crippen LogP contribution in [0.1, 0.15) is 0 Å². The average Bonchev–Trinajstić information content (AvgIpc) is 1.04. The molecule has 6 heteroatoms. The summed E-state index contributed by atoms with van der Waals surface area (Å²) < 4.78 is 6.53. The maximum Gasteiger partial charge on any atom is 0.489 e. The molecule has 0 aliphatic rings. The predicted molar refractivity (Wildman–Crippen MR) is 446 cm³/mol. The Balaban J connectivity index is 0.000000121. The topological polar surface area (TPSA) is 40.5 Å². The molecule has 18 aromatic carbocycles. The van der Waals surface area contributed by atoms with E-state index in [-0.39, 0.29) is 0 Å². The van der Waals surface area contributed by atoms with E-state index in [4.69, 9.17) is 0 Å². The minimum atomic E-state index is -1.55. The molecule has 2 heterocycles. The smallest absolute Gasteiger partial charge is 0.423 e. The van der Waals surface area contributed by atoms with Crippen molar-refractivity contribution in [2.45, 2.75) is 0 Å². The third-order valence-electron chi connectivity index (χ3n) is 20.1. The summed E-state index contributed by atoms with van der Waals surface area (Å²) in [6.45, 7) is 0. The zero-order chi connectivity index (χ0) is 68.2. The van der Waals surface area contributed by atoms with Crippen LogP contribution in [-0.4, -0.2) is 17.2 Å². The van der Waals surface area contributed by atoms with Crippen LogP contribution < -0.4 is 5.46 Å². The van der Waals surface area contributed by atoms with Gasteiger partial charge in [-0.05, 0) is 184 Å². The monoisotopic (exact) mass is 1400 g/mol. The van der Waals surface area contributed by atoms with Crippen LogP contribution in [0.15, 0.2) is 368 Å². The van der Waals surface area contributed by atoms with Gasteiger partial charge in [-0.15, -0.1) is 22.7 Å². The van der Waals surface area contributed by atoms with Gasteiger partial charge in [-0.25, -0.2) is 0 Å². The van der Waals surface area contributed by atoms with Crippen molar-refractivity contribution in [3.05, 3.63) is 368 Å². The van der Waals surface area contributed by atoms with Crippen molar-refractivity contribution >= 4 is 156 Å². The molecule has 0 spiro atoms. The van der Waals surface area contributed by atoms with Gasteiger partial charge in [0.25, 0.3) is 0 Å². The minimum absolute atomic E-state index is 0.551. The van der Waals surface area contributed by atoms with Crippen molar-refractivity contribution in [3.8, 4) is 77.9 Å². The number of halogens is 1. The number of hydrogen-bond acceptors (Lipinski definition) is 4. The van der Waals surface area contributed by atoms with E-state index >= 15 is 0 Å². The predicted octanol–water partition coefficient (Wildman–Crippen LogP) is 26.8. The van der Waals surface area contributed by atoms with E-state index < -0.39 is 7.12 Å². The van der Waals surface area contributed by atoms with E-state index in [0.717, 1.165) is 42.7 Å². The minimum Gasteiger partial charge on any atom is -0.423 e. The van der Waals surface area contributed by atoms with E-state index in [0.29, 0.717) is 5.46 Å². The molecule has 2 nitrogen and oxygen atoms in total. The molecule has 0 aliphatic heterocycles. The quantitative estimate of drug-likeness (QED) is 0.118. The maximum absolute atomic E-state index is 10.2. The van der Waals surface area contributed by atoms with Gasteiger partial charge in [-0.1, -0.05) is 344 Å². The summed E-state index contributed by atoms with van der Waals surface area (Å²) in [7, 11) is -1.55. The Bertz CT molecular complexity index is 6500. The second-order valence-corrected chi connectivity index (χ2v) is 29.0. The number of hydrogen-bond donors (Lipinski definition) is 2. The van der Waals surface area contributed by atoms with Crippen LogP contribution in [0.5, 0.6) is 0 Å². The first-order chi connectivity index (χ1) is 50.4. The van der Waals surface area contributed by atoms with Crippen LogP contribution >= 0.6 is 38.6 Å². The van der Waals surface area contributed by atoms with E-state index in [2.05, 4.69) is 344 Å². The van der Waals surface area contributed by atoms with Crippen LogP contribution in [0.3, 0.4) is 0 Å². The van der Waals surface area contributed by atoms with Crippen LogP contribution in [0.2, 0.25) is 0 Å². The van der Waals surface area contributed by atoms with Crippen LogP contribution in [0.25, 0.3) is 183 Å². The molecule has 0 saturated heterocycles. The molecule has 20 aromatic rings. The molecule has 0 fully saturated rings. The Morgan fingerprint density at radius 2 is 0.500 bits per heavy atom. The molecule has 102 heavy (non-hydrogen) atoms. The standard InChI is InChI=1S/C48H30S.C30H21BO2.C18H11BrS/c1-2-16-36-31(12-1)13-10-22-37(36)34-14-9-15-35(30-34)47-42-20-5-3-18-40(42)46(41-19-4-6-21-43(41)47)33-28-26-32(27-29-33)38-23-11-24-44-39-17-7-8-25-45(39)49-48(38)44;32-31(33)30-27-16-5-3-14-25(27)29(26-15-4-6-17-28(26)30)22-12-7-11-21(19-22)24-18-8-10-20-9-1-2-13-23(20)24;19-13-10-8-12(9-11-13)14-5-3-6-16-15-4-1-2-7-17(15)20-18(14)16/h1-30H;1-19,32-33H;1-11H. The highest BCUT2D eigenvalue weighted by molar-refractivity contribution is 9.10. The molecular formula is C96H62BBrO2S2. The van der Waals surface area contributed by atoms with E-state index in [1.165, 1.54) is 145 Å².